The zero-order valence-electron chi connectivity index (χ0n) is 23.2. The van der Waals surface area contributed by atoms with Gasteiger partial charge in [-0.15, -0.1) is 0 Å². The van der Waals surface area contributed by atoms with Gasteiger partial charge in [0, 0.05) is 0 Å². The smallest absolute Gasteiger partial charge is 0.229 e. The summed E-state index contributed by atoms with van der Waals surface area (Å²) in [7, 11) is 11.6. The molecule has 0 saturated carbocycles. The molecular weight excluding hydrogens is 588 g/mol. The monoisotopic (exact) mass is 627 g/mol. The van der Waals surface area contributed by atoms with Gasteiger partial charge >= 0.3 is 97.8 Å². The molecule has 0 unspecified atom stereocenters. The molecule has 3 nitrogen and oxygen atoms in total. The van der Waals surface area contributed by atoms with Gasteiger partial charge in [0.1, 0.15) is 24.5 Å². The van der Waals surface area contributed by atoms with E-state index < -0.39 is 13.5 Å². The minimum Gasteiger partial charge on any atom is -0.229 e. The predicted molar refractivity (Wildman–Crippen MR) is 159 cm³/mol. The van der Waals surface area contributed by atoms with Crippen molar-refractivity contribution in [1.82, 2.24) is 0 Å². The number of aryl methyl sites for hydroxylation is 6. The zero-order chi connectivity index (χ0) is 27.3. The summed E-state index contributed by atoms with van der Waals surface area (Å²) >= 11 is -1.77. The Balaban J connectivity index is 0.000000233. The Morgan fingerprint density at radius 1 is 0.865 bits per heavy atom. The quantitative estimate of drug-likeness (QED) is 0.209. The molecule has 1 aliphatic heterocycles. The third kappa shape index (κ3) is 7.99. The molecular formula is C31H39Cl2N2ORu+. The van der Waals surface area contributed by atoms with Gasteiger partial charge in [-0.1, -0.05) is 35.4 Å². The number of ether oxygens (including phenoxy) is 1. The molecule has 3 aromatic rings. The second-order valence-electron chi connectivity index (χ2n) is 10.0. The molecule has 0 aliphatic carbocycles. The molecule has 4 rings (SSSR count). The number of halogens is 2. The number of para-hydroxylation sites is 1. The van der Waals surface area contributed by atoms with Crippen molar-refractivity contribution in [3.8, 4) is 5.75 Å². The molecule has 0 fully saturated rings. The first-order chi connectivity index (χ1) is 17.5. The van der Waals surface area contributed by atoms with Crippen LogP contribution >= 0.6 is 19.4 Å². The maximum Gasteiger partial charge on any atom is 0.244 e. The molecule has 6 heteroatoms. The summed E-state index contributed by atoms with van der Waals surface area (Å²) in [5.74, 6) is 0.850. The fourth-order valence-corrected chi connectivity index (χ4v) is 6.90. The van der Waals surface area contributed by atoms with Gasteiger partial charge in [-0.2, -0.15) is 0 Å². The van der Waals surface area contributed by atoms with Crippen molar-refractivity contribution in [2.24, 2.45) is 0 Å². The summed E-state index contributed by atoms with van der Waals surface area (Å²) < 4.78 is 9.92. The molecule has 0 bridgehead atoms. The van der Waals surface area contributed by atoms with E-state index in [4.69, 9.17) is 24.1 Å². The van der Waals surface area contributed by atoms with Crippen LogP contribution in [0.25, 0.3) is 0 Å². The van der Waals surface area contributed by atoms with Crippen molar-refractivity contribution in [1.29, 1.82) is 0 Å². The van der Waals surface area contributed by atoms with Crippen LogP contribution in [0.3, 0.4) is 0 Å². The summed E-state index contributed by atoms with van der Waals surface area (Å²) in [5, 5.41) is 0. The van der Waals surface area contributed by atoms with Crippen LogP contribution in [0.2, 0.25) is 0 Å². The number of nitrogens with zero attached hydrogens (tertiary/aromatic N) is 2. The zero-order valence-corrected chi connectivity index (χ0v) is 26.4. The van der Waals surface area contributed by atoms with Crippen LogP contribution in [0.15, 0.2) is 48.5 Å². The minimum absolute atomic E-state index is 0.163. The minimum atomic E-state index is -1.77. The summed E-state index contributed by atoms with van der Waals surface area (Å²) in [4.78, 5) is 2.41. The molecule has 0 amide bonds. The van der Waals surface area contributed by atoms with Gasteiger partial charge < -0.3 is 0 Å². The maximum absolute atomic E-state index is 5.82. The van der Waals surface area contributed by atoms with Crippen LogP contribution in [0.5, 0.6) is 5.75 Å². The molecule has 0 aromatic heterocycles. The van der Waals surface area contributed by atoms with E-state index in [0.717, 1.165) is 24.4 Å². The van der Waals surface area contributed by atoms with E-state index in [9.17, 15) is 0 Å². The normalized spacial score (nSPS) is 13.2. The Hall–Kier alpha value is -2.00. The number of benzene rings is 3. The van der Waals surface area contributed by atoms with Gasteiger partial charge in [-0.25, -0.2) is 9.48 Å². The Bertz CT molecular complexity index is 1280. The fourth-order valence-electron chi connectivity index (χ4n) is 5.10. The van der Waals surface area contributed by atoms with E-state index in [0.29, 0.717) is 0 Å². The average Bonchev–Trinajstić information content (AvgIpc) is 3.22. The van der Waals surface area contributed by atoms with E-state index in [-0.39, 0.29) is 6.10 Å². The topological polar surface area (TPSA) is 15.5 Å². The largest absolute Gasteiger partial charge is 0.244 e. The standard InChI is InChI=1S/C21H27N2.C10H12O.2ClH.Ru/c1-14-9-16(3)20(17(4)10-14)22-7-8-23(13-22)21-18(5)11-15(2)12-19(21)6;1-8(2)11-10-7-5-4-6-9(10)3;;;/h9-13H,7-8H2,1-6H3;3-8H,1-2H3;2*1H;/q+1;;;;+2/p-2. The van der Waals surface area contributed by atoms with E-state index in [1.54, 1.807) is 0 Å². The van der Waals surface area contributed by atoms with Crippen LogP contribution in [0.4, 0.5) is 11.4 Å². The molecule has 200 valence electrons. The maximum atomic E-state index is 5.82. The van der Waals surface area contributed by atoms with Gasteiger partial charge in [0.25, 0.3) is 0 Å². The van der Waals surface area contributed by atoms with Crippen LogP contribution < -0.4 is 9.64 Å². The van der Waals surface area contributed by atoms with Crippen LogP contribution in [-0.4, -0.2) is 34.7 Å². The van der Waals surface area contributed by atoms with Crippen LogP contribution in [-0.2, 0) is 13.5 Å². The van der Waals surface area contributed by atoms with Crippen molar-refractivity contribution >= 4 is 41.7 Å². The molecule has 0 saturated heterocycles. The van der Waals surface area contributed by atoms with Gasteiger partial charge in [0.05, 0.1) is 0 Å². The second-order valence-corrected chi connectivity index (χ2v) is 15.7. The first kappa shape index (κ1) is 29.6. The Morgan fingerprint density at radius 3 is 1.95 bits per heavy atom. The van der Waals surface area contributed by atoms with Gasteiger partial charge in [-0.3, -0.25) is 0 Å². The summed E-state index contributed by atoms with van der Waals surface area (Å²) in [6, 6.07) is 16.9. The molecule has 1 aliphatic rings. The van der Waals surface area contributed by atoms with Crippen molar-refractivity contribution in [3.63, 3.8) is 0 Å². The molecule has 0 N–H and O–H groups in total. The number of anilines is 1. The first-order valence-corrected chi connectivity index (χ1v) is 18.1. The van der Waals surface area contributed by atoms with Gasteiger partial charge in [0.15, 0.2) is 0 Å². The molecule has 37 heavy (non-hydrogen) atoms. The summed E-state index contributed by atoms with van der Waals surface area (Å²) in [6.45, 7) is 19.3. The van der Waals surface area contributed by atoms with Crippen molar-refractivity contribution < 1.29 is 22.8 Å². The molecule has 0 spiro atoms. The molecule has 1 heterocycles. The summed E-state index contributed by atoms with van der Waals surface area (Å²) in [5.41, 5.74) is 11.8. The first-order valence-electron chi connectivity index (χ1n) is 12.6. The SMILES string of the molecule is CC(C)Oc1ccccc1[CH]=[Ru]([Cl])[Cl].Cc1cc(C)c(N2C=[N+](c3c(C)cc(C)cc3C)CC2)c(C)c1. The van der Waals surface area contributed by atoms with Gasteiger partial charge in [0.2, 0.25) is 6.34 Å². The number of rotatable bonds is 5. The van der Waals surface area contributed by atoms with E-state index >= 15 is 0 Å². The number of hydrogen-bond donors (Lipinski definition) is 0. The van der Waals surface area contributed by atoms with Crippen molar-refractivity contribution in [2.45, 2.75) is 61.5 Å². The van der Waals surface area contributed by atoms with E-state index in [1.807, 2.05) is 42.7 Å². The van der Waals surface area contributed by atoms with Crippen molar-refractivity contribution in [3.05, 3.63) is 87.5 Å². The predicted octanol–water partition coefficient (Wildman–Crippen LogP) is 8.28. The Kier molecular flexibility index (Phi) is 10.5. The molecule has 0 atom stereocenters. The Labute approximate surface area is 236 Å². The molecule has 0 radical (unpaired) electrons. The number of hydrogen-bond acceptors (Lipinski definition) is 2. The Morgan fingerprint density at radius 2 is 1.41 bits per heavy atom. The van der Waals surface area contributed by atoms with Crippen molar-refractivity contribution in [2.75, 3.05) is 18.0 Å². The van der Waals surface area contributed by atoms with Crippen LogP contribution in [0, 0.1) is 41.5 Å². The third-order valence-corrected chi connectivity index (χ3v) is 8.01. The second kappa shape index (κ2) is 13.2. The van der Waals surface area contributed by atoms with Crippen LogP contribution in [0.1, 0.15) is 52.8 Å². The summed E-state index contributed by atoms with van der Waals surface area (Å²) in [6.07, 6.45) is 2.45. The van der Waals surface area contributed by atoms with Gasteiger partial charge in [-0.05, 0) is 63.8 Å². The molecule has 3 aromatic carbocycles. The fraction of sp³-hybridized carbons (Fsp3) is 0.355. The van der Waals surface area contributed by atoms with E-state index in [1.165, 1.54) is 44.8 Å². The third-order valence-electron chi connectivity index (χ3n) is 6.17. The van der Waals surface area contributed by atoms with E-state index in [2.05, 4.69) is 81.6 Å². The average molecular weight is 628 g/mol.